The third-order valence-electron chi connectivity index (χ3n) is 9.23. The molecule has 2 fully saturated rings. The first-order chi connectivity index (χ1) is 27.2. The molecule has 0 aliphatic carbocycles. The van der Waals surface area contributed by atoms with E-state index in [1.165, 1.54) is 47.5 Å². The van der Waals surface area contributed by atoms with E-state index in [2.05, 4.69) is 21.3 Å². The summed E-state index contributed by atoms with van der Waals surface area (Å²) < 4.78 is 9.49. The summed E-state index contributed by atoms with van der Waals surface area (Å²) >= 11 is 2.90. The largest absolute Gasteiger partial charge is 0.453 e. The van der Waals surface area contributed by atoms with Crippen LogP contribution in [0.1, 0.15) is 23.2 Å². The Kier molecular flexibility index (Phi) is 13.2. The Bertz CT molecular complexity index is 1890. The van der Waals surface area contributed by atoms with Crippen LogP contribution in [-0.2, 0) is 28.7 Å². The number of nitrogens with one attached hydrogen (secondary N) is 4. The van der Waals surface area contributed by atoms with E-state index in [-0.39, 0.29) is 23.6 Å². The summed E-state index contributed by atoms with van der Waals surface area (Å²) in [6, 6.07) is 28.5. The highest BCUT2D eigenvalue weighted by molar-refractivity contribution is 7.99. The number of hydrogen-bond acceptors (Lipinski definition) is 10. The zero-order valence-electron chi connectivity index (χ0n) is 30.5. The molecule has 290 valence electrons. The molecule has 0 saturated carbocycles. The molecule has 0 radical (unpaired) electrons. The van der Waals surface area contributed by atoms with Crippen molar-refractivity contribution in [3.05, 3.63) is 120 Å². The van der Waals surface area contributed by atoms with Crippen LogP contribution in [0.25, 0.3) is 11.1 Å². The Morgan fingerprint density at radius 1 is 0.554 bits per heavy atom. The number of carbonyl (C=O) groups is 6. The molecule has 4 aromatic carbocycles. The number of thioether (sulfide) groups is 2. The van der Waals surface area contributed by atoms with Crippen LogP contribution in [0.4, 0.5) is 21.0 Å². The van der Waals surface area contributed by atoms with Crippen LogP contribution in [0.15, 0.2) is 109 Å². The minimum atomic E-state index is -1.02. The van der Waals surface area contributed by atoms with Crippen molar-refractivity contribution < 1.29 is 38.2 Å². The highest BCUT2D eigenvalue weighted by Gasteiger charge is 2.40. The van der Waals surface area contributed by atoms with Crippen molar-refractivity contribution in [3.8, 4) is 11.1 Å². The Hall–Kier alpha value is -6.00. The second-order valence-corrected chi connectivity index (χ2v) is 14.7. The number of alkyl carbamates (subject to hydrolysis) is 2. The van der Waals surface area contributed by atoms with E-state index < -0.39 is 48.2 Å². The highest BCUT2D eigenvalue weighted by atomic mass is 32.2. The summed E-state index contributed by atoms with van der Waals surface area (Å²) in [5, 5.41) is 11.0. The second-order valence-electron chi connectivity index (χ2n) is 12.7. The van der Waals surface area contributed by atoms with Crippen LogP contribution in [0.2, 0.25) is 0 Å². The van der Waals surface area contributed by atoms with Crippen molar-refractivity contribution in [2.75, 3.05) is 48.1 Å². The first-order valence-corrected chi connectivity index (χ1v) is 19.8. The number of ether oxygens (including phenoxy) is 2. The van der Waals surface area contributed by atoms with Gasteiger partial charge in [-0.2, -0.15) is 0 Å². The lowest BCUT2D eigenvalue weighted by Crippen LogP contribution is -2.49. The van der Waals surface area contributed by atoms with E-state index in [1.54, 1.807) is 84.9 Å². The van der Waals surface area contributed by atoms with Crippen LogP contribution in [-0.4, -0.2) is 95.2 Å². The van der Waals surface area contributed by atoms with Gasteiger partial charge in [-0.25, -0.2) is 9.59 Å². The first-order valence-electron chi connectivity index (χ1n) is 17.5. The average Bonchev–Trinajstić information content (AvgIpc) is 3.94. The lowest BCUT2D eigenvalue weighted by atomic mass is 10.0. The molecular weight excluding hydrogens is 757 g/mol. The Balaban J connectivity index is 1.06. The zero-order valence-corrected chi connectivity index (χ0v) is 32.1. The second kappa shape index (κ2) is 18.6. The third kappa shape index (κ3) is 9.44. The monoisotopic (exact) mass is 796 g/mol. The molecule has 6 amide bonds. The number of anilines is 2. The minimum Gasteiger partial charge on any atom is -0.453 e. The molecule has 6 rings (SSSR count). The molecule has 14 nitrogen and oxygen atoms in total. The summed E-state index contributed by atoms with van der Waals surface area (Å²) in [7, 11) is 2.44. The van der Waals surface area contributed by atoms with Crippen molar-refractivity contribution in [1.29, 1.82) is 0 Å². The van der Waals surface area contributed by atoms with Gasteiger partial charge in [0.1, 0.15) is 24.2 Å². The minimum absolute atomic E-state index is 0.289. The van der Waals surface area contributed by atoms with Crippen molar-refractivity contribution in [3.63, 3.8) is 0 Å². The van der Waals surface area contributed by atoms with Gasteiger partial charge in [-0.1, -0.05) is 84.9 Å². The van der Waals surface area contributed by atoms with Gasteiger partial charge in [0.2, 0.25) is 11.8 Å². The van der Waals surface area contributed by atoms with Crippen molar-refractivity contribution >= 4 is 70.7 Å². The Morgan fingerprint density at radius 2 is 0.911 bits per heavy atom. The number of methoxy groups -OCH3 is 2. The lowest BCUT2D eigenvalue weighted by molar-refractivity contribution is -0.138. The molecular formula is C40H40N6O8S2. The van der Waals surface area contributed by atoms with Crippen LogP contribution < -0.4 is 21.3 Å². The Labute approximate surface area is 332 Å². The van der Waals surface area contributed by atoms with Gasteiger partial charge in [0.15, 0.2) is 0 Å². The van der Waals surface area contributed by atoms with Crippen molar-refractivity contribution in [2.24, 2.45) is 0 Å². The normalized spacial score (nSPS) is 17.2. The van der Waals surface area contributed by atoms with Gasteiger partial charge in [-0.3, -0.25) is 19.2 Å². The van der Waals surface area contributed by atoms with Gasteiger partial charge in [0, 0.05) is 22.9 Å². The van der Waals surface area contributed by atoms with Crippen LogP contribution in [0, 0.1) is 0 Å². The maximum absolute atomic E-state index is 13.7. The fourth-order valence-corrected chi connectivity index (χ4v) is 8.58. The van der Waals surface area contributed by atoms with Crippen molar-refractivity contribution in [2.45, 2.75) is 24.2 Å². The van der Waals surface area contributed by atoms with Gasteiger partial charge in [-0.15, -0.1) is 23.5 Å². The maximum Gasteiger partial charge on any atom is 0.407 e. The fourth-order valence-electron chi connectivity index (χ4n) is 6.25. The van der Waals surface area contributed by atoms with Crippen LogP contribution in [0.5, 0.6) is 0 Å². The van der Waals surface area contributed by atoms with Gasteiger partial charge in [-0.05, 0) is 46.5 Å². The number of carbonyl (C=O) groups excluding carboxylic acids is 6. The predicted octanol–water partition coefficient (Wildman–Crippen LogP) is 5.23. The van der Waals surface area contributed by atoms with Gasteiger partial charge >= 0.3 is 12.2 Å². The fraction of sp³-hybridized carbons (Fsp3) is 0.250. The maximum atomic E-state index is 13.7. The molecule has 2 heterocycles. The number of amides is 6. The molecule has 0 bridgehead atoms. The molecule has 4 atom stereocenters. The molecule has 2 aliphatic heterocycles. The van der Waals surface area contributed by atoms with Crippen molar-refractivity contribution in [1.82, 2.24) is 20.4 Å². The molecule has 4 N–H and O–H groups in total. The summed E-state index contributed by atoms with van der Waals surface area (Å²) in [5.74, 6) is -0.163. The van der Waals surface area contributed by atoms with Crippen LogP contribution >= 0.6 is 23.5 Å². The quantitative estimate of drug-likeness (QED) is 0.157. The summed E-state index contributed by atoms with van der Waals surface area (Å²) in [6.45, 7) is 0. The third-order valence-corrected chi connectivity index (χ3v) is 11.3. The molecule has 0 aromatic heterocycles. The Morgan fingerprint density at radius 3 is 1.25 bits per heavy atom. The molecule has 0 unspecified atom stereocenters. The smallest absolute Gasteiger partial charge is 0.407 e. The molecule has 56 heavy (non-hydrogen) atoms. The van der Waals surface area contributed by atoms with E-state index in [9.17, 15) is 28.8 Å². The van der Waals surface area contributed by atoms with E-state index in [1.807, 2.05) is 24.3 Å². The van der Waals surface area contributed by atoms with E-state index in [4.69, 9.17) is 9.47 Å². The molecule has 2 aliphatic rings. The number of nitrogens with zero attached hydrogens (tertiary/aromatic N) is 2. The zero-order chi connectivity index (χ0) is 39.6. The number of hydrogen-bond donors (Lipinski definition) is 4. The summed E-state index contributed by atoms with van der Waals surface area (Å²) in [6.07, 6.45) is -1.51. The highest BCUT2D eigenvalue weighted by Crippen LogP contribution is 2.30. The lowest BCUT2D eigenvalue weighted by Gasteiger charge is -2.28. The standard InChI is InChI=1S/C40H40N6O8S2/c1-53-39(51)43-33(27-9-5-3-6-10-27)37(49)45-23-55-21-31(45)35(47)41-29-17-13-25(14-18-29)26-15-19-30(20-16-26)42-36(48)32-22-56-24-46(32)38(50)34(44-40(52)54-2)28-11-7-4-8-12-28/h3-20,31-34H,21-24H2,1-2H3,(H,41,47)(H,42,48)(H,43,51)(H,44,52)/t31-,32-,33+,34+/m0/s1. The average molecular weight is 797 g/mol. The van der Waals surface area contributed by atoms with Gasteiger partial charge in [0.05, 0.1) is 26.0 Å². The summed E-state index contributed by atoms with van der Waals surface area (Å²) in [5.41, 5.74) is 3.96. The van der Waals surface area contributed by atoms with E-state index in [0.717, 1.165) is 11.1 Å². The molecule has 2 saturated heterocycles. The summed E-state index contributed by atoms with van der Waals surface area (Å²) in [4.78, 5) is 81.4. The molecule has 0 spiro atoms. The number of rotatable bonds is 11. The molecule has 4 aromatic rings. The molecule has 16 heteroatoms. The number of benzene rings is 4. The SMILES string of the molecule is COC(=O)N[C@@H](C(=O)N1CSC[C@H]1C(=O)Nc1ccc(-c2ccc(NC(=O)[C@@H]3CSCN3C(=O)[C@H](NC(=O)OC)c3ccccc3)cc2)cc1)c1ccccc1. The van der Waals surface area contributed by atoms with E-state index >= 15 is 0 Å². The van der Waals surface area contributed by atoms with Gasteiger partial charge in [0.25, 0.3) is 11.8 Å². The predicted molar refractivity (Wildman–Crippen MR) is 215 cm³/mol. The van der Waals surface area contributed by atoms with E-state index in [0.29, 0.717) is 34.0 Å². The topological polar surface area (TPSA) is 175 Å². The first kappa shape index (κ1) is 39.7. The van der Waals surface area contributed by atoms with Crippen LogP contribution in [0.3, 0.4) is 0 Å². The van der Waals surface area contributed by atoms with Gasteiger partial charge < -0.3 is 40.5 Å².